The Morgan fingerprint density at radius 3 is 2.13 bits per heavy atom. The minimum absolute atomic E-state index is 0.000751. The van der Waals surface area contributed by atoms with Gasteiger partial charge in [-0.2, -0.15) is 35.7 Å². The Morgan fingerprint density at radius 1 is 0.967 bits per heavy atom. The molecule has 3 aromatic rings. The highest BCUT2D eigenvalue weighted by Crippen LogP contribution is 2.34. The summed E-state index contributed by atoms with van der Waals surface area (Å²) in [5.74, 6) is -4.20. The Labute approximate surface area is 164 Å². The first kappa shape index (κ1) is 21.7. The molecule has 1 aromatic heterocycles. The van der Waals surface area contributed by atoms with Gasteiger partial charge in [0.05, 0.1) is 11.4 Å². The van der Waals surface area contributed by atoms with Crippen LogP contribution in [0.2, 0.25) is 0 Å². The van der Waals surface area contributed by atoms with Crippen LogP contribution in [0.25, 0.3) is 11.4 Å². The minimum Gasteiger partial charge on any atom is -0.329 e. The van der Waals surface area contributed by atoms with Crippen molar-refractivity contribution in [2.75, 3.05) is 0 Å². The number of alkyl halides is 6. The van der Waals surface area contributed by atoms with Crippen LogP contribution in [0.5, 0.6) is 0 Å². The fourth-order valence-corrected chi connectivity index (χ4v) is 3.74. The molecular formula is C17H10F7N3O2S. The first-order valence-corrected chi connectivity index (χ1v) is 9.63. The molecule has 0 aliphatic rings. The predicted octanol–water partition coefficient (Wildman–Crippen LogP) is 5.71. The van der Waals surface area contributed by atoms with Crippen LogP contribution >= 0.6 is 0 Å². The van der Waals surface area contributed by atoms with Crippen molar-refractivity contribution >= 4 is 15.4 Å². The molecule has 0 N–H and O–H groups in total. The summed E-state index contributed by atoms with van der Waals surface area (Å²) < 4.78 is 111. The lowest BCUT2D eigenvalue weighted by Gasteiger charge is -2.14. The van der Waals surface area contributed by atoms with Crippen LogP contribution in [0, 0.1) is 5.82 Å². The van der Waals surface area contributed by atoms with Gasteiger partial charge in [0, 0.05) is 11.1 Å². The molecule has 3 rings (SSSR count). The van der Waals surface area contributed by atoms with E-state index in [9.17, 15) is 34.9 Å². The second kappa shape index (κ2) is 7.70. The van der Waals surface area contributed by atoms with Crippen molar-refractivity contribution in [3.63, 3.8) is 0 Å². The molecule has 1 atom stereocenters. The van der Waals surface area contributed by atoms with Crippen LogP contribution in [0.4, 0.5) is 36.4 Å². The zero-order chi connectivity index (χ0) is 22.2. The van der Waals surface area contributed by atoms with E-state index in [1.165, 1.54) is 12.1 Å². The molecule has 1 heterocycles. The topological polar surface area (TPSA) is 68.3 Å². The quantitative estimate of drug-likeness (QED) is 0.475. The normalized spacial score (nSPS) is 14.4. The number of halogens is 7. The Morgan fingerprint density at radius 2 is 1.60 bits per heavy atom. The molecule has 160 valence electrons. The third kappa shape index (κ3) is 4.61. The van der Waals surface area contributed by atoms with E-state index in [1.807, 2.05) is 0 Å². The van der Waals surface area contributed by atoms with E-state index in [0.717, 1.165) is 36.4 Å². The summed E-state index contributed by atoms with van der Waals surface area (Å²) >= 11 is 0. The van der Waals surface area contributed by atoms with Crippen LogP contribution in [-0.4, -0.2) is 19.9 Å². The third-order valence-electron chi connectivity index (χ3n) is 3.72. The zero-order valence-electron chi connectivity index (χ0n) is 14.5. The van der Waals surface area contributed by atoms with Gasteiger partial charge in [0.25, 0.3) is 0 Å². The van der Waals surface area contributed by atoms with E-state index >= 15 is 0 Å². The molecular weight excluding hydrogens is 443 g/mol. The SMILES string of the molecule is O=S(Cc1ccccc1F)(=Nc1ccc(-c2noc(C(F)(F)F)n2)cc1)C(F)(F)F. The second-order valence-corrected chi connectivity index (χ2v) is 8.10. The average molecular weight is 453 g/mol. The lowest BCUT2D eigenvalue weighted by atomic mass is 10.2. The van der Waals surface area contributed by atoms with Gasteiger partial charge in [-0.05, 0) is 30.3 Å². The Balaban J connectivity index is 1.95. The monoisotopic (exact) mass is 453 g/mol. The predicted molar refractivity (Wildman–Crippen MR) is 91.1 cm³/mol. The smallest absolute Gasteiger partial charge is 0.329 e. The van der Waals surface area contributed by atoms with Crippen molar-refractivity contribution in [2.24, 2.45) is 4.36 Å². The van der Waals surface area contributed by atoms with Gasteiger partial charge in [0.2, 0.25) is 5.82 Å². The molecule has 1 unspecified atom stereocenters. The second-order valence-electron chi connectivity index (χ2n) is 5.88. The number of rotatable bonds is 4. The standard InChI is InChI=1S/C17H10F7N3O2S/c18-13-4-2-1-3-11(13)9-30(28,17(22,23)24)27-12-7-5-10(6-8-12)14-25-15(29-26-14)16(19,20)21/h1-8H,9H2. The molecule has 0 radical (unpaired) electrons. The fraction of sp³-hybridized carbons (Fsp3) is 0.176. The van der Waals surface area contributed by atoms with E-state index < -0.39 is 50.3 Å². The molecule has 30 heavy (non-hydrogen) atoms. The number of benzene rings is 2. The van der Waals surface area contributed by atoms with Crippen molar-refractivity contribution in [3.05, 3.63) is 65.8 Å². The van der Waals surface area contributed by atoms with Crippen molar-refractivity contribution < 1.29 is 39.5 Å². The molecule has 0 bridgehead atoms. The highest BCUT2D eigenvalue weighted by atomic mass is 32.2. The maximum Gasteiger partial charge on any atom is 0.479 e. The van der Waals surface area contributed by atoms with Gasteiger partial charge in [0.15, 0.2) is 9.73 Å². The van der Waals surface area contributed by atoms with E-state index in [1.54, 1.807) is 0 Å². The van der Waals surface area contributed by atoms with Crippen LogP contribution < -0.4 is 0 Å². The number of hydrogen-bond acceptors (Lipinski definition) is 5. The van der Waals surface area contributed by atoms with Gasteiger partial charge in [-0.3, -0.25) is 0 Å². The van der Waals surface area contributed by atoms with Crippen LogP contribution in [0.15, 0.2) is 57.4 Å². The number of aromatic nitrogens is 2. The Hall–Kier alpha value is -2.96. The summed E-state index contributed by atoms with van der Waals surface area (Å²) in [6.07, 6.45) is -4.86. The van der Waals surface area contributed by atoms with Gasteiger partial charge >= 0.3 is 17.6 Å². The van der Waals surface area contributed by atoms with Crippen LogP contribution in [0.3, 0.4) is 0 Å². The van der Waals surface area contributed by atoms with E-state index in [-0.39, 0.29) is 11.3 Å². The van der Waals surface area contributed by atoms with Gasteiger partial charge in [0.1, 0.15) is 5.82 Å². The molecule has 0 fully saturated rings. The Kier molecular flexibility index (Phi) is 5.58. The summed E-state index contributed by atoms with van der Waals surface area (Å²) in [7, 11) is -4.94. The lowest BCUT2D eigenvalue weighted by Crippen LogP contribution is -2.25. The minimum atomic E-state index is -5.26. The van der Waals surface area contributed by atoms with E-state index in [2.05, 4.69) is 19.0 Å². The summed E-state index contributed by atoms with van der Waals surface area (Å²) in [6.45, 7) is 0. The van der Waals surface area contributed by atoms with Gasteiger partial charge in [-0.15, -0.1) is 0 Å². The third-order valence-corrected chi connectivity index (χ3v) is 5.65. The van der Waals surface area contributed by atoms with Crippen molar-refractivity contribution in [2.45, 2.75) is 17.4 Å². The highest BCUT2D eigenvalue weighted by molar-refractivity contribution is 7.93. The summed E-state index contributed by atoms with van der Waals surface area (Å²) in [5.41, 5.74) is -6.06. The lowest BCUT2D eigenvalue weighted by molar-refractivity contribution is -0.159. The molecule has 0 amide bonds. The molecule has 0 saturated heterocycles. The zero-order valence-corrected chi connectivity index (χ0v) is 15.4. The number of hydrogen-bond donors (Lipinski definition) is 0. The van der Waals surface area contributed by atoms with Crippen LogP contribution in [-0.2, 0) is 21.7 Å². The maximum atomic E-state index is 13.7. The molecule has 5 nitrogen and oxygen atoms in total. The van der Waals surface area contributed by atoms with Crippen molar-refractivity contribution in [1.29, 1.82) is 0 Å². The highest BCUT2D eigenvalue weighted by Gasteiger charge is 2.43. The molecule has 13 heteroatoms. The average Bonchev–Trinajstić information content (AvgIpc) is 3.14. The molecule has 2 aromatic carbocycles. The first-order valence-electron chi connectivity index (χ1n) is 7.95. The molecule has 0 spiro atoms. The number of nitrogens with zero attached hydrogens (tertiary/aromatic N) is 3. The fourth-order valence-electron chi connectivity index (χ4n) is 2.29. The van der Waals surface area contributed by atoms with E-state index in [4.69, 9.17) is 0 Å². The Bertz CT molecular complexity index is 1160. The van der Waals surface area contributed by atoms with Gasteiger partial charge < -0.3 is 4.52 Å². The summed E-state index contributed by atoms with van der Waals surface area (Å²) in [6, 6.07) is 8.72. The summed E-state index contributed by atoms with van der Waals surface area (Å²) in [4.78, 5) is 3.15. The van der Waals surface area contributed by atoms with Crippen LogP contribution in [0.1, 0.15) is 11.5 Å². The van der Waals surface area contributed by atoms with Crippen molar-refractivity contribution in [1.82, 2.24) is 10.1 Å². The molecule has 0 saturated carbocycles. The first-order chi connectivity index (χ1) is 13.9. The maximum absolute atomic E-state index is 13.7. The van der Waals surface area contributed by atoms with Gasteiger partial charge in [-0.1, -0.05) is 23.4 Å². The molecule has 0 aliphatic heterocycles. The molecule has 0 aliphatic carbocycles. The van der Waals surface area contributed by atoms with Gasteiger partial charge in [-0.25, -0.2) is 8.60 Å². The largest absolute Gasteiger partial charge is 0.479 e. The summed E-state index contributed by atoms with van der Waals surface area (Å²) in [5, 5.41) is 3.15. The van der Waals surface area contributed by atoms with E-state index in [0.29, 0.717) is 0 Å². The van der Waals surface area contributed by atoms with Crippen molar-refractivity contribution in [3.8, 4) is 11.4 Å².